The second-order valence-corrected chi connectivity index (χ2v) is 2.16. The molecule has 1 aromatic carbocycles. The van der Waals surface area contributed by atoms with Gasteiger partial charge in [-0.2, -0.15) is 5.10 Å². The molecule has 0 aliphatic carbocycles. The molecule has 0 amide bonds. The molecular formula is C9H11N3. The first-order valence-electron chi connectivity index (χ1n) is 3.68. The first kappa shape index (κ1) is 8.46. The molecule has 62 valence electrons. The minimum Gasteiger partial charge on any atom is -0.295 e. The van der Waals surface area contributed by atoms with Gasteiger partial charge in [-0.3, -0.25) is 10.4 Å². The Morgan fingerprint density at radius 3 is 2.58 bits per heavy atom. The third kappa shape index (κ3) is 2.96. The fourth-order valence-electron chi connectivity index (χ4n) is 0.724. The average molecular weight is 161 g/mol. The topological polar surface area (TPSA) is 36.8 Å². The summed E-state index contributed by atoms with van der Waals surface area (Å²) in [5, 5.41) is 3.91. The molecule has 0 aliphatic rings. The summed E-state index contributed by atoms with van der Waals surface area (Å²) in [6.45, 7) is 0. The lowest BCUT2D eigenvalue weighted by Gasteiger charge is -1.95. The van der Waals surface area contributed by atoms with Gasteiger partial charge >= 0.3 is 0 Å². The van der Waals surface area contributed by atoms with Crippen molar-refractivity contribution in [3.63, 3.8) is 0 Å². The quantitative estimate of drug-likeness (QED) is 0.532. The third-order valence-corrected chi connectivity index (χ3v) is 1.26. The van der Waals surface area contributed by atoms with Crippen LogP contribution in [0.1, 0.15) is 0 Å². The number of nitrogens with one attached hydrogen (secondary N) is 1. The molecule has 12 heavy (non-hydrogen) atoms. The number of anilines is 1. The van der Waals surface area contributed by atoms with Crippen molar-refractivity contribution in [2.24, 2.45) is 10.1 Å². The summed E-state index contributed by atoms with van der Waals surface area (Å²) in [5.41, 5.74) is 3.83. The van der Waals surface area contributed by atoms with E-state index >= 15 is 0 Å². The molecule has 0 bridgehead atoms. The van der Waals surface area contributed by atoms with Crippen molar-refractivity contribution in [3.05, 3.63) is 30.3 Å². The van der Waals surface area contributed by atoms with E-state index in [9.17, 15) is 0 Å². The molecule has 0 aliphatic heterocycles. The van der Waals surface area contributed by atoms with Gasteiger partial charge < -0.3 is 0 Å². The van der Waals surface area contributed by atoms with Crippen LogP contribution in [0.2, 0.25) is 0 Å². The lowest BCUT2D eigenvalue weighted by molar-refractivity contribution is 1.36. The van der Waals surface area contributed by atoms with Gasteiger partial charge in [-0.05, 0) is 12.1 Å². The minimum atomic E-state index is 0.971. The highest BCUT2D eigenvalue weighted by Crippen LogP contribution is 2.03. The number of benzene rings is 1. The fraction of sp³-hybridized carbons (Fsp3) is 0.111. The van der Waals surface area contributed by atoms with Gasteiger partial charge in [0.05, 0.1) is 11.9 Å². The Kier molecular flexibility index (Phi) is 3.57. The van der Waals surface area contributed by atoms with E-state index in [0.29, 0.717) is 0 Å². The van der Waals surface area contributed by atoms with Gasteiger partial charge in [0.2, 0.25) is 0 Å². The largest absolute Gasteiger partial charge is 0.295 e. The second-order valence-electron chi connectivity index (χ2n) is 2.16. The summed E-state index contributed by atoms with van der Waals surface area (Å²) in [4.78, 5) is 3.75. The van der Waals surface area contributed by atoms with E-state index in [1.54, 1.807) is 19.5 Å². The molecular weight excluding hydrogens is 150 g/mol. The molecule has 0 atom stereocenters. The summed E-state index contributed by atoms with van der Waals surface area (Å²) in [6, 6.07) is 9.75. The van der Waals surface area contributed by atoms with Gasteiger partial charge in [-0.15, -0.1) is 0 Å². The normalized spacial score (nSPS) is 11.1. The standard InChI is InChI=1S/C9H11N3/c1-10-7-8-11-12-9-5-3-2-4-6-9/h2-8,12H,1H3/b10-7?,11-8+. The Morgan fingerprint density at radius 2 is 1.92 bits per heavy atom. The maximum absolute atomic E-state index is 3.91. The van der Waals surface area contributed by atoms with Crippen LogP contribution < -0.4 is 5.43 Å². The van der Waals surface area contributed by atoms with E-state index < -0.39 is 0 Å². The number of hydrazone groups is 1. The van der Waals surface area contributed by atoms with Gasteiger partial charge in [0.15, 0.2) is 0 Å². The van der Waals surface area contributed by atoms with Crippen molar-refractivity contribution in [1.82, 2.24) is 0 Å². The van der Waals surface area contributed by atoms with Crippen molar-refractivity contribution < 1.29 is 0 Å². The van der Waals surface area contributed by atoms with Crippen LogP contribution in [0.25, 0.3) is 0 Å². The maximum Gasteiger partial charge on any atom is 0.0650 e. The van der Waals surface area contributed by atoms with E-state index in [2.05, 4.69) is 15.5 Å². The zero-order chi connectivity index (χ0) is 8.65. The van der Waals surface area contributed by atoms with Crippen LogP contribution in [-0.4, -0.2) is 19.5 Å². The van der Waals surface area contributed by atoms with Gasteiger partial charge in [-0.1, -0.05) is 18.2 Å². The van der Waals surface area contributed by atoms with E-state index in [4.69, 9.17) is 0 Å². The Bertz CT molecular complexity index is 264. The average Bonchev–Trinajstić information content (AvgIpc) is 2.14. The molecule has 0 saturated carbocycles. The van der Waals surface area contributed by atoms with Gasteiger partial charge in [0.25, 0.3) is 0 Å². The first-order chi connectivity index (χ1) is 5.93. The van der Waals surface area contributed by atoms with E-state index in [1.807, 2.05) is 30.3 Å². The van der Waals surface area contributed by atoms with Gasteiger partial charge in [0, 0.05) is 13.3 Å². The molecule has 1 aromatic rings. The number of rotatable bonds is 3. The Balaban J connectivity index is 2.43. The third-order valence-electron chi connectivity index (χ3n) is 1.26. The molecule has 1 N–H and O–H groups in total. The highest BCUT2D eigenvalue weighted by molar-refractivity contribution is 6.16. The van der Waals surface area contributed by atoms with Crippen LogP contribution >= 0.6 is 0 Å². The van der Waals surface area contributed by atoms with Gasteiger partial charge in [0.1, 0.15) is 0 Å². The fourth-order valence-corrected chi connectivity index (χ4v) is 0.724. The predicted molar refractivity (Wildman–Crippen MR) is 53.0 cm³/mol. The molecule has 0 heterocycles. The lowest BCUT2D eigenvalue weighted by Crippen LogP contribution is -1.88. The van der Waals surface area contributed by atoms with Crippen molar-refractivity contribution in [2.75, 3.05) is 12.5 Å². The van der Waals surface area contributed by atoms with Crippen molar-refractivity contribution in [1.29, 1.82) is 0 Å². The first-order valence-corrected chi connectivity index (χ1v) is 3.68. The van der Waals surface area contributed by atoms with Crippen LogP contribution in [0.5, 0.6) is 0 Å². The number of nitrogens with zero attached hydrogens (tertiary/aromatic N) is 2. The number of hydrogen-bond donors (Lipinski definition) is 1. The molecule has 0 spiro atoms. The smallest absolute Gasteiger partial charge is 0.0650 e. The predicted octanol–water partition coefficient (Wildman–Crippen LogP) is 1.78. The molecule has 0 fully saturated rings. The van der Waals surface area contributed by atoms with E-state index in [0.717, 1.165) is 5.69 Å². The second kappa shape index (κ2) is 5.07. The van der Waals surface area contributed by atoms with Crippen LogP contribution in [-0.2, 0) is 0 Å². The highest BCUT2D eigenvalue weighted by atomic mass is 15.3. The van der Waals surface area contributed by atoms with Crippen molar-refractivity contribution in [2.45, 2.75) is 0 Å². The van der Waals surface area contributed by atoms with Crippen molar-refractivity contribution >= 4 is 18.1 Å². The lowest BCUT2D eigenvalue weighted by atomic mass is 10.3. The van der Waals surface area contributed by atoms with Crippen LogP contribution in [0.4, 0.5) is 5.69 Å². The summed E-state index contributed by atoms with van der Waals surface area (Å²) >= 11 is 0. The molecule has 0 saturated heterocycles. The summed E-state index contributed by atoms with van der Waals surface area (Å²) in [5.74, 6) is 0. The Hall–Kier alpha value is -1.64. The minimum absolute atomic E-state index is 0.971. The Morgan fingerprint density at radius 1 is 1.17 bits per heavy atom. The number of aliphatic imine (C=N–C) groups is 1. The zero-order valence-corrected chi connectivity index (χ0v) is 6.94. The molecule has 3 nitrogen and oxygen atoms in total. The molecule has 0 aromatic heterocycles. The number of hydrogen-bond acceptors (Lipinski definition) is 3. The van der Waals surface area contributed by atoms with Crippen LogP contribution in [0, 0.1) is 0 Å². The Labute approximate surface area is 71.8 Å². The zero-order valence-electron chi connectivity index (χ0n) is 6.94. The summed E-state index contributed by atoms with van der Waals surface area (Å²) in [7, 11) is 1.70. The molecule has 3 heteroatoms. The molecule has 0 radical (unpaired) electrons. The molecule has 0 unspecified atom stereocenters. The summed E-state index contributed by atoms with van der Waals surface area (Å²) in [6.07, 6.45) is 3.23. The SMILES string of the molecule is CN=C/C=N/Nc1ccccc1. The van der Waals surface area contributed by atoms with E-state index in [-0.39, 0.29) is 0 Å². The van der Waals surface area contributed by atoms with Gasteiger partial charge in [-0.25, -0.2) is 0 Å². The summed E-state index contributed by atoms with van der Waals surface area (Å²) < 4.78 is 0. The van der Waals surface area contributed by atoms with Crippen LogP contribution in [0.15, 0.2) is 40.4 Å². The maximum atomic E-state index is 3.91. The number of para-hydroxylation sites is 1. The van der Waals surface area contributed by atoms with Crippen LogP contribution in [0.3, 0.4) is 0 Å². The van der Waals surface area contributed by atoms with Crippen molar-refractivity contribution in [3.8, 4) is 0 Å². The highest BCUT2D eigenvalue weighted by Gasteiger charge is 1.81. The van der Waals surface area contributed by atoms with E-state index in [1.165, 1.54) is 0 Å². The molecule has 1 rings (SSSR count). The monoisotopic (exact) mass is 161 g/mol.